The van der Waals surface area contributed by atoms with Gasteiger partial charge in [0, 0.05) is 12.0 Å². The van der Waals surface area contributed by atoms with Gasteiger partial charge >= 0.3 is 0 Å². The molecule has 0 amide bonds. The minimum atomic E-state index is -0.264. The van der Waals surface area contributed by atoms with Gasteiger partial charge in [-0.15, -0.1) is 0 Å². The molecule has 0 radical (unpaired) electrons. The lowest BCUT2D eigenvalue weighted by molar-refractivity contribution is 0.179. The summed E-state index contributed by atoms with van der Waals surface area (Å²) < 4.78 is 12.8. The van der Waals surface area contributed by atoms with Crippen LogP contribution in [0.4, 0.5) is 4.39 Å². The molecule has 0 spiro atoms. The first kappa shape index (κ1) is 12.0. The van der Waals surface area contributed by atoms with Gasteiger partial charge in [-0.1, -0.05) is 45.4 Å². The molecular formula is C12H24FN. The van der Waals surface area contributed by atoms with E-state index in [1.807, 2.05) is 6.92 Å². The molecule has 14 heavy (non-hydrogen) atoms. The first-order valence-corrected chi connectivity index (χ1v) is 5.96. The molecule has 1 unspecified atom stereocenters. The molecule has 84 valence electrons. The normalized spacial score (nSPS) is 24.2. The highest BCUT2D eigenvalue weighted by Crippen LogP contribution is 2.33. The Hall–Kier alpha value is -0.110. The van der Waals surface area contributed by atoms with Gasteiger partial charge in [0.15, 0.2) is 0 Å². The second-order valence-corrected chi connectivity index (χ2v) is 5.21. The minimum Gasteiger partial charge on any atom is -0.330 e. The first-order valence-electron chi connectivity index (χ1n) is 5.96. The van der Waals surface area contributed by atoms with Crippen molar-refractivity contribution in [3.05, 3.63) is 0 Å². The first-order chi connectivity index (χ1) is 6.70. The average molecular weight is 201 g/mol. The van der Waals surface area contributed by atoms with Crippen molar-refractivity contribution in [2.75, 3.05) is 13.2 Å². The molecule has 1 nitrogen and oxygen atoms in total. The molecule has 1 fully saturated rings. The molecule has 1 rings (SSSR count). The van der Waals surface area contributed by atoms with Gasteiger partial charge < -0.3 is 5.73 Å². The third-order valence-electron chi connectivity index (χ3n) is 3.57. The van der Waals surface area contributed by atoms with E-state index in [9.17, 15) is 4.39 Å². The SMILES string of the molecule is CC(CN)(CF)CC1CCCCCC1. The summed E-state index contributed by atoms with van der Waals surface area (Å²) in [7, 11) is 0. The maximum Gasteiger partial charge on any atom is 0.0960 e. The molecule has 1 aliphatic carbocycles. The van der Waals surface area contributed by atoms with Crippen molar-refractivity contribution in [2.24, 2.45) is 17.1 Å². The third-order valence-corrected chi connectivity index (χ3v) is 3.57. The zero-order valence-electron chi connectivity index (χ0n) is 9.40. The molecule has 2 heteroatoms. The number of hydrogen-bond donors (Lipinski definition) is 1. The van der Waals surface area contributed by atoms with Gasteiger partial charge in [-0.2, -0.15) is 0 Å². The van der Waals surface area contributed by atoms with Crippen molar-refractivity contribution in [3.8, 4) is 0 Å². The van der Waals surface area contributed by atoms with Gasteiger partial charge in [-0.3, -0.25) is 4.39 Å². The van der Waals surface area contributed by atoms with Gasteiger partial charge in [-0.25, -0.2) is 0 Å². The van der Waals surface area contributed by atoms with Crippen LogP contribution in [0.2, 0.25) is 0 Å². The summed E-state index contributed by atoms with van der Waals surface area (Å²) in [6.45, 7) is 2.21. The molecular weight excluding hydrogens is 177 g/mol. The Morgan fingerprint density at radius 1 is 1.21 bits per heavy atom. The molecule has 0 saturated heterocycles. The van der Waals surface area contributed by atoms with E-state index in [0.717, 1.165) is 12.3 Å². The molecule has 1 saturated carbocycles. The Balaban J connectivity index is 2.39. The van der Waals surface area contributed by atoms with Gasteiger partial charge in [-0.05, 0) is 12.3 Å². The summed E-state index contributed by atoms with van der Waals surface area (Å²) in [5.74, 6) is 0.724. The van der Waals surface area contributed by atoms with Crippen LogP contribution < -0.4 is 5.73 Å². The Labute approximate surface area is 87.3 Å². The fourth-order valence-electron chi connectivity index (χ4n) is 2.46. The molecule has 0 aromatic heterocycles. The highest BCUT2D eigenvalue weighted by Gasteiger charge is 2.27. The lowest BCUT2D eigenvalue weighted by atomic mass is 9.79. The van der Waals surface area contributed by atoms with E-state index < -0.39 is 0 Å². The lowest BCUT2D eigenvalue weighted by Crippen LogP contribution is -2.31. The van der Waals surface area contributed by atoms with Gasteiger partial charge in [0.2, 0.25) is 0 Å². The van der Waals surface area contributed by atoms with E-state index in [2.05, 4.69) is 0 Å². The van der Waals surface area contributed by atoms with Crippen LogP contribution in [0.25, 0.3) is 0 Å². The highest BCUT2D eigenvalue weighted by atomic mass is 19.1. The Morgan fingerprint density at radius 2 is 1.79 bits per heavy atom. The number of rotatable bonds is 4. The summed E-state index contributed by atoms with van der Waals surface area (Å²) in [6, 6.07) is 0. The molecule has 0 heterocycles. The molecule has 1 atom stereocenters. The lowest BCUT2D eigenvalue weighted by Gasteiger charge is -2.29. The number of alkyl halides is 1. The van der Waals surface area contributed by atoms with Crippen LogP contribution in [0.3, 0.4) is 0 Å². The summed E-state index contributed by atoms with van der Waals surface area (Å²) in [5.41, 5.74) is 5.38. The highest BCUT2D eigenvalue weighted by molar-refractivity contribution is 4.79. The van der Waals surface area contributed by atoms with Crippen LogP contribution in [0.1, 0.15) is 51.9 Å². The van der Waals surface area contributed by atoms with Crippen LogP contribution in [-0.2, 0) is 0 Å². The standard InChI is InChI=1S/C12H24FN/c1-12(9-13,10-14)8-11-6-4-2-3-5-7-11/h11H,2-10,14H2,1H3. The quantitative estimate of drug-likeness (QED) is 0.694. The summed E-state index contributed by atoms with van der Waals surface area (Å²) in [4.78, 5) is 0. The Bertz CT molecular complexity index is 146. The van der Waals surface area contributed by atoms with Crippen molar-refractivity contribution >= 4 is 0 Å². The monoisotopic (exact) mass is 201 g/mol. The summed E-state index contributed by atoms with van der Waals surface area (Å²) in [5, 5.41) is 0. The zero-order chi connectivity index (χ0) is 10.4. The number of nitrogens with two attached hydrogens (primary N) is 1. The van der Waals surface area contributed by atoms with Gasteiger partial charge in [0.1, 0.15) is 0 Å². The molecule has 0 aromatic rings. The van der Waals surface area contributed by atoms with E-state index in [1.165, 1.54) is 38.5 Å². The molecule has 0 aliphatic heterocycles. The van der Waals surface area contributed by atoms with Crippen molar-refractivity contribution in [1.82, 2.24) is 0 Å². The summed E-state index contributed by atoms with van der Waals surface area (Å²) in [6.07, 6.45) is 8.96. The van der Waals surface area contributed by atoms with E-state index in [0.29, 0.717) is 6.54 Å². The van der Waals surface area contributed by atoms with Crippen LogP contribution in [0.15, 0.2) is 0 Å². The second-order valence-electron chi connectivity index (χ2n) is 5.21. The fourth-order valence-corrected chi connectivity index (χ4v) is 2.46. The van der Waals surface area contributed by atoms with Crippen molar-refractivity contribution < 1.29 is 4.39 Å². The number of hydrogen-bond acceptors (Lipinski definition) is 1. The van der Waals surface area contributed by atoms with Gasteiger partial charge in [0.25, 0.3) is 0 Å². The Morgan fingerprint density at radius 3 is 2.21 bits per heavy atom. The van der Waals surface area contributed by atoms with Crippen LogP contribution in [-0.4, -0.2) is 13.2 Å². The maximum atomic E-state index is 12.8. The summed E-state index contributed by atoms with van der Waals surface area (Å²) >= 11 is 0. The number of halogens is 1. The largest absolute Gasteiger partial charge is 0.330 e. The van der Waals surface area contributed by atoms with Gasteiger partial charge in [0.05, 0.1) is 6.67 Å². The van der Waals surface area contributed by atoms with Crippen LogP contribution in [0.5, 0.6) is 0 Å². The smallest absolute Gasteiger partial charge is 0.0960 e. The van der Waals surface area contributed by atoms with Crippen molar-refractivity contribution in [2.45, 2.75) is 51.9 Å². The predicted octanol–water partition coefficient (Wildman–Crippen LogP) is 3.28. The molecule has 0 bridgehead atoms. The van der Waals surface area contributed by atoms with Crippen LogP contribution in [0, 0.1) is 11.3 Å². The van der Waals surface area contributed by atoms with E-state index >= 15 is 0 Å². The third kappa shape index (κ3) is 3.56. The zero-order valence-corrected chi connectivity index (χ0v) is 9.40. The average Bonchev–Trinajstić information content (AvgIpc) is 2.46. The Kier molecular flexibility index (Phi) is 4.86. The van der Waals surface area contributed by atoms with E-state index in [4.69, 9.17) is 5.73 Å². The van der Waals surface area contributed by atoms with E-state index in [1.54, 1.807) is 0 Å². The fraction of sp³-hybridized carbons (Fsp3) is 1.00. The topological polar surface area (TPSA) is 26.0 Å². The van der Waals surface area contributed by atoms with Crippen molar-refractivity contribution in [3.63, 3.8) is 0 Å². The second kappa shape index (κ2) is 5.69. The molecule has 1 aliphatic rings. The maximum absolute atomic E-state index is 12.8. The van der Waals surface area contributed by atoms with Crippen LogP contribution >= 0.6 is 0 Å². The molecule has 2 N–H and O–H groups in total. The molecule has 0 aromatic carbocycles. The minimum absolute atomic E-state index is 0.255. The van der Waals surface area contributed by atoms with Crippen molar-refractivity contribution in [1.29, 1.82) is 0 Å². The van der Waals surface area contributed by atoms with E-state index in [-0.39, 0.29) is 12.1 Å². The predicted molar refractivity (Wildman–Crippen MR) is 58.9 cm³/mol.